The van der Waals surface area contributed by atoms with E-state index in [0.29, 0.717) is 12.6 Å². The lowest BCUT2D eigenvalue weighted by Gasteiger charge is -2.13. The molecule has 0 saturated heterocycles. The van der Waals surface area contributed by atoms with Crippen molar-refractivity contribution in [2.45, 2.75) is 19.5 Å². The van der Waals surface area contributed by atoms with Gasteiger partial charge in [0.1, 0.15) is 5.82 Å². The van der Waals surface area contributed by atoms with Crippen molar-refractivity contribution in [2.24, 2.45) is 0 Å². The molecule has 4 heteroatoms. The molecule has 1 heterocycles. The second-order valence-electron chi connectivity index (χ2n) is 4.52. The van der Waals surface area contributed by atoms with Crippen molar-refractivity contribution < 1.29 is 9.13 Å². The number of aromatic nitrogens is 1. The van der Waals surface area contributed by atoms with Crippen molar-refractivity contribution in [1.29, 1.82) is 0 Å². The lowest BCUT2D eigenvalue weighted by molar-refractivity contribution is 0.172. The van der Waals surface area contributed by atoms with Crippen LogP contribution in [0.25, 0.3) is 10.9 Å². The summed E-state index contributed by atoms with van der Waals surface area (Å²) in [6.07, 6.45) is 1.99. The Morgan fingerprint density at radius 1 is 1.39 bits per heavy atom. The fourth-order valence-electron chi connectivity index (χ4n) is 2.11. The number of hydrogen-bond donors (Lipinski definition) is 1. The van der Waals surface area contributed by atoms with Gasteiger partial charge in [-0.2, -0.15) is 0 Å². The van der Waals surface area contributed by atoms with Crippen LogP contribution in [0, 0.1) is 5.82 Å². The third-order valence-corrected chi connectivity index (χ3v) is 3.00. The maximum Gasteiger partial charge on any atom is 0.123 e. The van der Waals surface area contributed by atoms with E-state index in [2.05, 4.69) is 16.8 Å². The van der Waals surface area contributed by atoms with E-state index in [1.54, 1.807) is 13.2 Å². The van der Waals surface area contributed by atoms with Gasteiger partial charge >= 0.3 is 0 Å². The molecule has 3 nitrogen and oxygen atoms in total. The summed E-state index contributed by atoms with van der Waals surface area (Å²) < 4.78 is 20.2. The number of ether oxygens (including phenoxy) is 1. The zero-order valence-corrected chi connectivity index (χ0v) is 10.8. The van der Waals surface area contributed by atoms with E-state index < -0.39 is 0 Å². The highest BCUT2D eigenvalue weighted by molar-refractivity contribution is 5.80. The van der Waals surface area contributed by atoms with Gasteiger partial charge in [-0.05, 0) is 31.2 Å². The smallest absolute Gasteiger partial charge is 0.123 e. The molecule has 0 bridgehead atoms. The van der Waals surface area contributed by atoms with E-state index in [1.807, 2.05) is 18.3 Å². The third-order valence-electron chi connectivity index (χ3n) is 3.00. The van der Waals surface area contributed by atoms with Crippen LogP contribution < -0.4 is 5.32 Å². The minimum atomic E-state index is -0.188. The minimum absolute atomic E-state index is 0.188. The first-order valence-corrected chi connectivity index (χ1v) is 6.17. The quantitative estimate of drug-likeness (QED) is 0.852. The van der Waals surface area contributed by atoms with Crippen LogP contribution in [0.4, 0.5) is 4.39 Å². The second-order valence-corrected chi connectivity index (χ2v) is 4.52. The van der Waals surface area contributed by atoms with Gasteiger partial charge in [0.15, 0.2) is 0 Å². The fraction of sp³-hybridized carbons (Fsp3) is 0.429. The molecule has 2 aromatic rings. The first-order chi connectivity index (χ1) is 8.70. The average Bonchev–Trinajstić information content (AvgIpc) is 2.72. The number of halogens is 1. The van der Waals surface area contributed by atoms with E-state index >= 15 is 0 Å². The molecule has 18 heavy (non-hydrogen) atoms. The summed E-state index contributed by atoms with van der Waals surface area (Å²) in [5.74, 6) is -0.188. The second kappa shape index (κ2) is 5.98. The van der Waals surface area contributed by atoms with Gasteiger partial charge in [-0.1, -0.05) is 0 Å². The van der Waals surface area contributed by atoms with Gasteiger partial charge in [-0.15, -0.1) is 0 Å². The van der Waals surface area contributed by atoms with Gasteiger partial charge in [-0.25, -0.2) is 4.39 Å². The van der Waals surface area contributed by atoms with E-state index in [9.17, 15) is 4.39 Å². The molecule has 1 N–H and O–H groups in total. The van der Waals surface area contributed by atoms with Crippen molar-refractivity contribution >= 4 is 10.9 Å². The molecule has 0 fully saturated rings. The van der Waals surface area contributed by atoms with Crippen LogP contribution in [-0.2, 0) is 11.3 Å². The summed E-state index contributed by atoms with van der Waals surface area (Å²) in [6.45, 7) is 4.53. The van der Waals surface area contributed by atoms with Crippen LogP contribution in [0.5, 0.6) is 0 Å². The summed E-state index contributed by atoms with van der Waals surface area (Å²) >= 11 is 0. The lowest BCUT2D eigenvalue weighted by Crippen LogP contribution is -2.32. The maximum absolute atomic E-state index is 13.1. The summed E-state index contributed by atoms with van der Waals surface area (Å²) in [5.41, 5.74) is 1.07. The van der Waals surface area contributed by atoms with Crippen molar-refractivity contribution in [3.8, 4) is 0 Å². The van der Waals surface area contributed by atoms with Gasteiger partial charge in [0.25, 0.3) is 0 Å². The first-order valence-electron chi connectivity index (χ1n) is 6.17. The van der Waals surface area contributed by atoms with Gasteiger partial charge in [-0.3, -0.25) is 0 Å². The summed E-state index contributed by atoms with van der Waals surface area (Å²) in [5, 5.41) is 4.32. The van der Waals surface area contributed by atoms with Crippen LogP contribution in [0.3, 0.4) is 0 Å². The molecule has 1 aromatic carbocycles. The SMILES string of the molecule is COCC(C)NCCn1ccc2cc(F)ccc21. The number of nitrogens with one attached hydrogen (secondary N) is 1. The number of rotatable bonds is 6. The molecule has 0 aliphatic rings. The molecule has 1 aromatic heterocycles. The summed E-state index contributed by atoms with van der Waals surface area (Å²) in [4.78, 5) is 0. The minimum Gasteiger partial charge on any atom is -0.383 e. The molecule has 1 unspecified atom stereocenters. The Morgan fingerprint density at radius 2 is 2.22 bits per heavy atom. The van der Waals surface area contributed by atoms with Crippen LogP contribution in [0.15, 0.2) is 30.5 Å². The van der Waals surface area contributed by atoms with Crippen LogP contribution >= 0.6 is 0 Å². The van der Waals surface area contributed by atoms with Gasteiger partial charge in [0, 0.05) is 43.3 Å². The molecule has 0 saturated carbocycles. The zero-order chi connectivity index (χ0) is 13.0. The maximum atomic E-state index is 13.1. The Morgan fingerprint density at radius 3 is 3.00 bits per heavy atom. The van der Waals surface area contributed by atoms with E-state index in [1.165, 1.54) is 6.07 Å². The molecule has 98 valence electrons. The number of methoxy groups -OCH3 is 1. The van der Waals surface area contributed by atoms with Crippen LogP contribution in [-0.4, -0.2) is 30.9 Å². The largest absolute Gasteiger partial charge is 0.383 e. The molecular weight excluding hydrogens is 231 g/mol. The van der Waals surface area contributed by atoms with E-state index in [4.69, 9.17) is 4.74 Å². The Balaban J connectivity index is 1.96. The van der Waals surface area contributed by atoms with E-state index in [-0.39, 0.29) is 5.82 Å². The highest BCUT2D eigenvalue weighted by atomic mass is 19.1. The molecule has 0 amide bonds. The van der Waals surface area contributed by atoms with Crippen molar-refractivity contribution in [1.82, 2.24) is 9.88 Å². The molecule has 0 aliphatic carbocycles. The van der Waals surface area contributed by atoms with Crippen molar-refractivity contribution in [3.63, 3.8) is 0 Å². The predicted molar refractivity (Wildman–Crippen MR) is 71.2 cm³/mol. The average molecular weight is 250 g/mol. The van der Waals surface area contributed by atoms with Crippen molar-refractivity contribution in [2.75, 3.05) is 20.3 Å². The highest BCUT2D eigenvalue weighted by Gasteiger charge is 2.03. The Bertz CT molecular complexity index is 509. The zero-order valence-electron chi connectivity index (χ0n) is 10.8. The predicted octanol–water partition coefficient (Wildman–Crippen LogP) is 2.40. The van der Waals surface area contributed by atoms with Gasteiger partial charge in [0.05, 0.1) is 6.61 Å². The number of hydrogen-bond acceptors (Lipinski definition) is 2. The standard InChI is InChI=1S/C14H19FN2O/c1-11(10-18-2)16-6-8-17-7-5-12-9-13(15)3-4-14(12)17/h3-5,7,9,11,16H,6,8,10H2,1-2H3. The van der Waals surface area contributed by atoms with Crippen LogP contribution in [0.1, 0.15) is 6.92 Å². The lowest BCUT2D eigenvalue weighted by atomic mass is 10.2. The Labute approximate surface area is 107 Å². The fourth-order valence-corrected chi connectivity index (χ4v) is 2.11. The van der Waals surface area contributed by atoms with Gasteiger partial charge in [0.2, 0.25) is 0 Å². The Hall–Kier alpha value is -1.39. The van der Waals surface area contributed by atoms with Crippen molar-refractivity contribution in [3.05, 3.63) is 36.3 Å². The molecule has 0 radical (unpaired) electrons. The Kier molecular flexibility index (Phi) is 4.33. The molecule has 0 aliphatic heterocycles. The molecule has 2 rings (SSSR count). The normalized spacial score (nSPS) is 13.1. The van der Waals surface area contributed by atoms with Crippen LogP contribution in [0.2, 0.25) is 0 Å². The molecule has 0 spiro atoms. The number of benzene rings is 1. The topological polar surface area (TPSA) is 26.2 Å². The van der Waals surface area contributed by atoms with Gasteiger partial charge < -0.3 is 14.6 Å². The number of nitrogens with zero attached hydrogens (tertiary/aromatic N) is 1. The monoisotopic (exact) mass is 250 g/mol. The first kappa shape index (κ1) is 13.1. The third kappa shape index (κ3) is 3.09. The number of fused-ring (bicyclic) bond motifs is 1. The van der Waals surface area contributed by atoms with E-state index in [0.717, 1.165) is 24.0 Å². The molecular formula is C14H19FN2O. The summed E-state index contributed by atoms with van der Waals surface area (Å²) in [6, 6.07) is 7.17. The highest BCUT2D eigenvalue weighted by Crippen LogP contribution is 2.16. The summed E-state index contributed by atoms with van der Waals surface area (Å²) in [7, 11) is 1.70. The molecule has 1 atom stereocenters.